The van der Waals surface area contributed by atoms with Crippen LogP contribution in [-0.2, 0) is 6.54 Å². The van der Waals surface area contributed by atoms with E-state index in [4.69, 9.17) is 0 Å². The minimum atomic E-state index is 0.963. The lowest BCUT2D eigenvalue weighted by Gasteiger charge is -2.23. The smallest absolute Gasteiger partial charge is 0.104 e. The van der Waals surface area contributed by atoms with Gasteiger partial charge >= 0.3 is 0 Å². The monoisotopic (exact) mass is 275 g/mol. The van der Waals surface area contributed by atoms with Crippen LogP contribution in [-0.4, -0.2) is 38.4 Å². The first kappa shape index (κ1) is 16.9. The molecule has 0 aliphatic heterocycles. The Morgan fingerprint density at radius 3 is 2.20 bits per heavy atom. The molecule has 112 valence electrons. The number of quaternary nitrogens is 1. The molecule has 1 aromatic carbocycles. The molecule has 2 heteroatoms. The summed E-state index contributed by atoms with van der Waals surface area (Å²) in [6.45, 7) is 4.28. The maximum absolute atomic E-state index is 4.51. The van der Waals surface area contributed by atoms with E-state index in [1.165, 1.54) is 43.2 Å². The zero-order valence-corrected chi connectivity index (χ0v) is 13.7. The molecule has 1 aromatic rings. The first-order valence-corrected chi connectivity index (χ1v) is 7.90. The highest BCUT2D eigenvalue weighted by Crippen LogP contribution is 2.08. The maximum atomic E-state index is 4.51. The van der Waals surface area contributed by atoms with Crippen LogP contribution < -0.4 is 0 Å². The number of rotatable bonds is 9. The zero-order valence-electron chi connectivity index (χ0n) is 13.7. The molecule has 0 aromatic heterocycles. The molecule has 0 aliphatic rings. The van der Waals surface area contributed by atoms with Crippen molar-refractivity contribution in [1.29, 1.82) is 0 Å². The van der Waals surface area contributed by atoms with Gasteiger partial charge in [-0.25, -0.2) is 0 Å². The number of nitrogens with zero attached hydrogens (tertiary/aromatic N) is 2. The van der Waals surface area contributed by atoms with E-state index in [0.717, 1.165) is 17.6 Å². The van der Waals surface area contributed by atoms with Gasteiger partial charge in [-0.2, -0.15) is 0 Å². The van der Waals surface area contributed by atoms with Crippen molar-refractivity contribution in [3.63, 3.8) is 0 Å². The van der Waals surface area contributed by atoms with Crippen LogP contribution >= 0.6 is 0 Å². The third-order valence-electron chi connectivity index (χ3n) is 3.27. The summed E-state index contributed by atoms with van der Waals surface area (Å²) in [5.41, 5.74) is 2.60. The summed E-state index contributed by atoms with van der Waals surface area (Å²) in [6, 6.07) is 8.77. The fourth-order valence-electron chi connectivity index (χ4n) is 2.23. The zero-order chi connectivity index (χ0) is 14.8. The summed E-state index contributed by atoms with van der Waals surface area (Å²) in [6.07, 6.45) is 8.56. The van der Waals surface area contributed by atoms with E-state index in [0.29, 0.717) is 0 Å². The maximum Gasteiger partial charge on any atom is 0.104 e. The predicted molar refractivity (Wildman–Crippen MR) is 89.4 cm³/mol. The van der Waals surface area contributed by atoms with Gasteiger partial charge in [0.25, 0.3) is 0 Å². The highest BCUT2D eigenvalue weighted by Gasteiger charge is 2.07. The summed E-state index contributed by atoms with van der Waals surface area (Å²) in [5.74, 6) is 0. The van der Waals surface area contributed by atoms with E-state index >= 15 is 0 Å². The molecule has 0 heterocycles. The first-order chi connectivity index (χ1) is 9.51. The van der Waals surface area contributed by atoms with Gasteiger partial charge in [0.1, 0.15) is 6.54 Å². The average molecular weight is 275 g/mol. The molecule has 0 unspecified atom stereocenters. The van der Waals surface area contributed by atoms with Crippen molar-refractivity contribution in [1.82, 2.24) is 0 Å². The molecular weight excluding hydrogens is 244 g/mol. The number of aliphatic imine (C=N–C) groups is 1. The van der Waals surface area contributed by atoms with E-state index in [1.54, 1.807) is 0 Å². The Morgan fingerprint density at radius 1 is 0.950 bits per heavy atom. The van der Waals surface area contributed by atoms with Gasteiger partial charge in [0.2, 0.25) is 0 Å². The van der Waals surface area contributed by atoms with Crippen LogP contribution in [0.2, 0.25) is 0 Å². The van der Waals surface area contributed by atoms with Crippen LogP contribution in [0.3, 0.4) is 0 Å². The lowest BCUT2D eigenvalue weighted by molar-refractivity contribution is -0.884. The second-order valence-corrected chi connectivity index (χ2v) is 6.64. The Kier molecular flexibility index (Phi) is 7.53. The van der Waals surface area contributed by atoms with Crippen molar-refractivity contribution in [2.45, 2.75) is 45.6 Å². The van der Waals surface area contributed by atoms with E-state index in [2.05, 4.69) is 57.3 Å². The number of hydrogen-bond donors (Lipinski definition) is 0. The fraction of sp³-hybridized carbons (Fsp3) is 0.611. The van der Waals surface area contributed by atoms with Gasteiger partial charge in [-0.05, 0) is 12.0 Å². The van der Waals surface area contributed by atoms with E-state index in [1.807, 2.05) is 6.21 Å². The van der Waals surface area contributed by atoms with Gasteiger partial charge in [-0.3, -0.25) is 4.99 Å². The average Bonchev–Trinajstić information content (AvgIpc) is 2.38. The number of hydrogen-bond acceptors (Lipinski definition) is 1. The third-order valence-corrected chi connectivity index (χ3v) is 3.27. The molecule has 0 amide bonds. The van der Waals surface area contributed by atoms with Gasteiger partial charge in [0.15, 0.2) is 0 Å². The summed E-state index contributed by atoms with van der Waals surface area (Å²) in [5, 5.41) is 0. The Bertz CT molecular complexity index is 385. The first-order valence-electron chi connectivity index (χ1n) is 7.90. The fourth-order valence-corrected chi connectivity index (χ4v) is 2.23. The van der Waals surface area contributed by atoms with Gasteiger partial charge in [0.05, 0.1) is 21.1 Å². The molecular formula is C18H31N2+. The number of benzene rings is 1. The molecule has 1 rings (SSSR count). The van der Waals surface area contributed by atoms with Crippen molar-refractivity contribution < 1.29 is 4.48 Å². The molecule has 0 spiro atoms. The summed E-state index contributed by atoms with van der Waals surface area (Å²) < 4.78 is 0.963. The second-order valence-electron chi connectivity index (χ2n) is 6.64. The molecule has 0 radical (unpaired) electrons. The lowest BCUT2D eigenvalue weighted by atomic mass is 10.1. The van der Waals surface area contributed by atoms with Crippen molar-refractivity contribution in [2.24, 2.45) is 4.99 Å². The summed E-state index contributed by atoms with van der Waals surface area (Å²) in [7, 11) is 6.65. The van der Waals surface area contributed by atoms with Crippen LogP contribution in [0, 0.1) is 0 Å². The Morgan fingerprint density at radius 2 is 1.60 bits per heavy atom. The van der Waals surface area contributed by atoms with Crippen molar-refractivity contribution >= 4 is 6.21 Å². The minimum absolute atomic E-state index is 0.963. The standard InChI is InChI=1S/C18H31N2/c1-5-6-7-8-9-14-19-15-17-10-12-18(13-11-17)16-20(2,3)4/h10-13,15H,5-9,14,16H2,1-4H3/q+1. The highest BCUT2D eigenvalue weighted by atomic mass is 15.3. The van der Waals surface area contributed by atoms with Crippen LogP contribution in [0.15, 0.2) is 29.3 Å². The lowest BCUT2D eigenvalue weighted by Crippen LogP contribution is -2.33. The molecule has 20 heavy (non-hydrogen) atoms. The van der Waals surface area contributed by atoms with Gasteiger partial charge in [0, 0.05) is 18.3 Å². The molecule has 2 nitrogen and oxygen atoms in total. The molecule has 0 bridgehead atoms. The molecule has 0 saturated carbocycles. The normalized spacial score (nSPS) is 12.2. The van der Waals surface area contributed by atoms with Crippen molar-refractivity contribution in [3.05, 3.63) is 35.4 Å². The third kappa shape index (κ3) is 8.11. The van der Waals surface area contributed by atoms with Gasteiger partial charge in [-0.1, -0.05) is 56.9 Å². The summed E-state index contributed by atoms with van der Waals surface area (Å²) >= 11 is 0. The summed E-state index contributed by atoms with van der Waals surface area (Å²) in [4.78, 5) is 4.51. The van der Waals surface area contributed by atoms with Crippen LogP contribution in [0.4, 0.5) is 0 Å². The van der Waals surface area contributed by atoms with Crippen LogP contribution in [0.25, 0.3) is 0 Å². The molecule has 0 saturated heterocycles. The van der Waals surface area contributed by atoms with Gasteiger partial charge in [-0.15, -0.1) is 0 Å². The second kappa shape index (κ2) is 8.91. The van der Waals surface area contributed by atoms with E-state index < -0.39 is 0 Å². The van der Waals surface area contributed by atoms with E-state index in [-0.39, 0.29) is 0 Å². The molecule has 0 N–H and O–H groups in total. The Labute approximate surface area is 125 Å². The largest absolute Gasteiger partial charge is 0.327 e. The Balaban J connectivity index is 2.30. The van der Waals surface area contributed by atoms with Crippen molar-refractivity contribution in [3.8, 4) is 0 Å². The highest BCUT2D eigenvalue weighted by molar-refractivity contribution is 5.79. The van der Waals surface area contributed by atoms with E-state index in [9.17, 15) is 0 Å². The minimum Gasteiger partial charge on any atom is -0.327 e. The quantitative estimate of drug-likeness (QED) is 0.362. The van der Waals surface area contributed by atoms with Crippen LogP contribution in [0.5, 0.6) is 0 Å². The van der Waals surface area contributed by atoms with Gasteiger partial charge < -0.3 is 4.48 Å². The van der Waals surface area contributed by atoms with Crippen LogP contribution in [0.1, 0.15) is 50.2 Å². The van der Waals surface area contributed by atoms with Crippen molar-refractivity contribution in [2.75, 3.05) is 27.7 Å². The molecule has 0 fully saturated rings. The molecule has 0 atom stereocenters. The topological polar surface area (TPSA) is 12.4 Å². The number of unbranched alkanes of at least 4 members (excludes halogenated alkanes) is 4. The predicted octanol–water partition coefficient (Wildman–Crippen LogP) is 4.28. The molecule has 0 aliphatic carbocycles. The SMILES string of the molecule is CCCCCCCN=Cc1ccc(C[N+](C)(C)C)cc1. The Hall–Kier alpha value is -1.15.